The molecule has 0 aliphatic rings. The van der Waals surface area contributed by atoms with E-state index in [2.05, 4.69) is 10.3 Å². The second-order valence-corrected chi connectivity index (χ2v) is 2.90. The molecule has 1 rings (SSSR count). The summed E-state index contributed by atoms with van der Waals surface area (Å²) in [5.41, 5.74) is 1.25. The third-order valence-corrected chi connectivity index (χ3v) is 1.78. The highest BCUT2D eigenvalue weighted by molar-refractivity contribution is 5.39. The maximum Gasteiger partial charge on any atom is 0.389 e. The number of halogens is 3. The van der Waals surface area contributed by atoms with Gasteiger partial charge in [0.25, 0.3) is 0 Å². The number of aryl methyl sites for hydroxylation is 1. The van der Waals surface area contributed by atoms with Crippen LogP contribution >= 0.6 is 0 Å². The number of hydrogen-bond acceptors (Lipinski definition) is 2. The van der Waals surface area contributed by atoms with Crippen LogP contribution in [0.1, 0.15) is 12.1 Å². The lowest BCUT2D eigenvalue weighted by atomic mass is 10.2. The van der Waals surface area contributed by atoms with Gasteiger partial charge in [-0.25, -0.2) is 0 Å². The third-order valence-electron chi connectivity index (χ3n) is 1.78. The van der Waals surface area contributed by atoms with Gasteiger partial charge < -0.3 is 5.32 Å². The first-order chi connectivity index (χ1) is 6.51. The Labute approximate surface area is 80.2 Å². The maximum absolute atomic E-state index is 11.8. The van der Waals surface area contributed by atoms with Crippen LogP contribution in [0.4, 0.5) is 18.9 Å². The van der Waals surface area contributed by atoms with Gasteiger partial charge in [0.15, 0.2) is 0 Å². The zero-order chi connectivity index (χ0) is 10.6. The minimum atomic E-state index is -4.11. The number of rotatable bonds is 3. The van der Waals surface area contributed by atoms with E-state index in [4.69, 9.17) is 0 Å². The number of nitrogens with zero attached hydrogens (tertiary/aromatic N) is 1. The molecule has 5 heteroatoms. The van der Waals surface area contributed by atoms with Crippen LogP contribution in [0.3, 0.4) is 0 Å². The summed E-state index contributed by atoms with van der Waals surface area (Å²) in [5, 5.41) is 2.84. The van der Waals surface area contributed by atoms with Crippen molar-refractivity contribution in [3.05, 3.63) is 24.0 Å². The molecule has 0 aromatic carbocycles. The molecule has 0 amide bonds. The summed E-state index contributed by atoms with van der Waals surface area (Å²) in [6.07, 6.45) is -3.47. The van der Waals surface area contributed by atoms with E-state index in [1.807, 2.05) is 0 Å². The molecular weight excluding hydrogens is 193 g/mol. The van der Waals surface area contributed by atoms with Crippen LogP contribution in [0.25, 0.3) is 0 Å². The molecule has 1 aromatic heterocycles. The van der Waals surface area contributed by atoms with Gasteiger partial charge in [0, 0.05) is 19.2 Å². The van der Waals surface area contributed by atoms with Gasteiger partial charge in [0.05, 0.1) is 11.9 Å². The van der Waals surface area contributed by atoms with E-state index in [9.17, 15) is 13.2 Å². The third kappa shape index (κ3) is 3.64. The van der Waals surface area contributed by atoms with Gasteiger partial charge in [-0.3, -0.25) is 4.98 Å². The number of nitrogens with one attached hydrogen (secondary N) is 1. The first-order valence-corrected chi connectivity index (χ1v) is 4.21. The summed E-state index contributed by atoms with van der Waals surface area (Å²) < 4.78 is 35.5. The van der Waals surface area contributed by atoms with Crippen LogP contribution in [-0.2, 0) is 6.42 Å². The number of alkyl halides is 3. The molecule has 0 saturated carbocycles. The first kappa shape index (κ1) is 10.8. The topological polar surface area (TPSA) is 24.9 Å². The van der Waals surface area contributed by atoms with Gasteiger partial charge in [-0.1, -0.05) is 0 Å². The molecule has 0 radical (unpaired) electrons. The minimum Gasteiger partial charge on any atom is -0.387 e. The Morgan fingerprint density at radius 3 is 2.50 bits per heavy atom. The van der Waals surface area contributed by atoms with Crippen molar-refractivity contribution < 1.29 is 13.2 Å². The second kappa shape index (κ2) is 4.30. The second-order valence-electron chi connectivity index (χ2n) is 2.90. The average Bonchev–Trinajstić information content (AvgIpc) is 2.14. The highest BCUT2D eigenvalue weighted by Crippen LogP contribution is 2.21. The van der Waals surface area contributed by atoms with E-state index in [0.29, 0.717) is 5.69 Å². The molecular formula is C9H11F3N2. The number of aromatic nitrogens is 1. The molecule has 78 valence electrons. The minimum absolute atomic E-state index is 0.0620. The molecule has 2 nitrogen and oxygen atoms in total. The lowest BCUT2D eigenvalue weighted by Gasteiger charge is -2.05. The standard InChI is InChI=1S/C9H11F3N2/c1-13-8-3-2-7(14-6-8)4-5-9(10,11)12/h2-3,6,13H,4-5H2,1H3. The number of pyridine rings is 1. The van der Waals surface area contributed by atoms with Crippen molar-refractivity contribution in [2.24, 2.45) is 0 Å². The Kier molecular flexibility index (Phi) is 3.33. The van der Waals surface area contributed by atoms with Crippen LogP contribution in [0.5, 0.6) is 0 Å². The highest BCUT2D eigenvalue weighted by Gasteiger charge is 2.26. The van der Waals surface area contributed by atoms with Crippen molar-refractivity contribution >= 4 is 5.69 Å². The van der Waals surface area contributed by atoms with Crippen LogP contribution in [0.2, 0.25) is 0 Å². The van der Waals surface area contributed by atoms with Crippen molar-refractivity contribution in [3.63, 3.8) is 0 Å². The van der Waals surface area contributed by atoms with E-state index in [0.717, 1.165) is 5.69 Å². The van der Waals surface area contributed by atoms with Crippen molar-refractivity contribution in [3.8, 4) is 0 Å². The molecule has 14 heavy (non-hydrogen) atoms. The highest BCUT2D eigenvalue weighted by atomic mass is 19.4. The normalized spacial score (nSPS) is 11.4. The predicted octanol–water partition coefficient (Wildman–Crippen LogP) is 2.62. The summed E-state index contributed by atoms with van der Waals surface area (Å²) in [4.78, 5) is 3.89. The van der Waals surface area contributed by atoms with Crippen molar-refractivity contribution in [2.45, 2.75) is 19.0 Å². The van der Waals surface area contributed by atoms with Crippen LogP contribution < -0.4 is 5.32 Å². The largest absolute Gasteiger partial charge is 0.389 e. The Morgan fingerprint density at radius 2 is 2.07 bits per heavy atom. The summed E-state index contributed by atoms with van der Waals surface area (Å²) in [5.74, 6) is 0. The number of anilines is 1. The fourth-order valence-corrected chi connectivity index (χ4v) is 0.990. The predicted molar refractivity (Wildman–Crippen MR) is 48.2 cm³/mol. The van der Waals surface area contributed by atoms with Crippen LogP contribution in [0.15, 0.2) is 18.3 Å². The Morgan fingerprint density at radius 1 is 1.36 bits per heavy atom. The maximum atomic E-state index is 11.8. The lowest BCUT2D eigenvalue weighted by molar-refractivity contribution is -0.134. The van der Waals surface area contributed by atoms with Gasteiger partial charge in [-0.2, -0.15) is 13.2 Å². The Bertz CT molecular complexity index is 279. The molecule has 0 aliphatic carbocycles. The Balaban J connectivity index is 2.52. The van der Waals surface area contributed by atoms with Gasteiger partial charge >= 0.3 is 6.18 Å². The zero-order valence-corrected chi connectivity index (χ0v) is 7.73. The Hall–Kier alpha value is -1.26. The van der Waals surface area contributed by atoms with E-state index in [-0.39, 0.29) is 6.42 Å². The summed E-state index contributed by atoms with van der Waals surface area (Å²) in [6.45, 7) is 0. The van der Waals surface area contributed by atoms with Gasteiger partial charge in [0.1, 0.15) is 0 Å². The molecule has 0 spiro atoms. The summed E-state index contributed by atoms with van der Waals surface area (Å²) >= 11 is 0. The van der Waals surface area contributed by atoms with Gasteiger partial charge in [-0.15, -0.1) is 0 Å². The molecule has 0 unspecified atom stereocenters. The van der Waals surface area contributed by atoms with E-state index in [1.165, 1.54) is 6.20 Å². The molecule has 1 aromatic rings. The summed E-state index contributed by atoms with van der Waals surface area (Å²) in [7, 11) is 1.73. The molecule has 0 aliphatic heterocycles. The van der Waals surface area contributed by atoms with Crippen molar-refractivity contribution in [2.75, 3.05) is 12.4 Å². The summed E-state index contributed by atoms with van der Waals surface area (Å²) in [6, 6.07) is 3.30. The zero-order valence-electron chi connectivity index (χ0n) is 7.73. The average molecular weight is 204 g/mol. The number of hydrogen-bond donors (Lipinski definition) is 1. The molecule has 1 heterocycles. The fourth-order valence-electron chi connectivity index (χ4n) is 0.990. The smallest absolute Gasteiger partial charge is 0.387 e. The molecule has 0 fully saturated rings. The van der Waals surface area contributed by atoms with Crippen LogP contribution in [-0.4, -0.2) is 18.2 Å². The van der Waals surface area contributed by atoms with Crippen molar-refractivity contribution in [1.82, 2.24) is 4.98 Å². The van der Waals surface area contributed by atoms with Crippen molar-refractivity contribution in [1.29, 1.82) is 0 Å². The van der Waals surface area contributed by atoms with E-state index >= 15 is 0 Å². The lowest BCUT2D eigenvalue weighted by Crippen LogP contribution is -2.09. The van der Waals surface area contributed by atoms with Gasteiger partial charge in [-0.05, 0) is 18.6 Å². The van der Waals surface area contributed by atoms with Gasteiger partial charge in [0.2, 0.25) is 0 Å². The SMILES string of the molecule is CNc1ccc(CCC(F)(F)F)nc1. The fraction of sp³-hybridized carbons (Fsp3) is 0.444. The van der Waals surface area contributed by atoms with E-state index in [1.54, 1.807) is 19.2 Å². The van der Waals surface area contributed by atoms with E-state index < -0.39 is 12.6 Å². The molecule has 0 saturated heterocycles. The molecule has 0 atom stereocenters. The quantitative estimate of drug-likeness (QED) is 0.818. The first-order valence-electron chi connectivity index (χ1n) is 4.21. The molecule has 0 bridgehead atoms. The monoisotopic (exact) mass is 204 g/mol. The van der Waals surface area contributed by atoms with Crippen LogP contribution in [0, 0.1) is 0 Å². The molecule has 1 N–H and O–H groups in total.